The van der Waals surface area contributed by atoms with Crippen LogP contribution in [0.4, 0.5) is 0 Å². The average molecular weight is 523 g/mol. The lowest BCUT2D eigenvalue weighted by Gasteiger charge is -2.41. The van der Waals surface area contributed by atoms with Crippen molar-refractivity contribution in [2.24, 2.45) is 5.41 Å². The van der Waals surface area contributed by atoms with E-state index in [9.17, 15) is 13.9 Å². The predicted molar refractivity (Wildman–Crippen MR) is 133 cm³/mol. The highest BCUT2D eigenvalue weighted by Crippen LogP contribution is 2.63. The predicted octanol–water partition coefficient (Wildman–Crippen LogP) is 7.66. The van der Waals surface area contributed by atoms with E-state index in [1.165, 1.54) is 0 Å². The number of hydrogen-bond donors (Lipinski definition) is 3. The molecule has 0 radical (unpaired) electrons. The topological polar surface area (TPSA) is 87.0 Å². The molecular formula is C25H31BrO5S. The summed E-state index contributed by atoms with van der Waals surface area (Å²) in [7, 11) is -3.09. The third-order valence-corrected chi connectivity index (χ3v) is 9.05. The number of ether oxygens (including phenoxy) is 1. The Labute approximate surface area is 200 Å². The Morgan fingerprint density at radius 2 is 1.97 bits per heavy atom. The van der Waals surface area contributed by atoms with Gasteiger partial charge < -0.3 is 9.84 Å². The van der Waals surface area contributed by atoms with E-state index in [1.54, 1.807) is 6.07 Å². The summed E-state index contributed by atoms with van der Waals surface area (Å²) < 4.78 is 29.0. The van der Waals surface area contributed by atoms with Gasteiger partial charge in [-0.05, 0) is 57.8 Å². The Hall–Kier alpha value is -1.80. The highest BCUT2D eigenvalue weighted by Gasteiger charge is 2.42. The summed E-state index contributed by atoms with van der Waals surface area (Å²) in [5.41, 5.74) is 1.83. The molecule has 3 N–H and O–H groups in total. The Kier molecular flexibility index (Phi) is 8.09. The number of halogens is 1. The van der Waals surface area contributed by atoms with Crippen LogP contribution in [0.5, 0.6) is 5.75 Å². The second kappa shape index (κ2) is 10.4. The minimum atomic E-state index is -3.09. The Balaban J connectivity index is 2.16. The van der Waals surface area contributed by atoms with Gasteiger partial charge >= 0.3 is 5.97 Å². The van der Waals surface area contributed by atoms with Crippen molar-refractivity contribution in [3.63, 3.8) is 0 Å². The monoisotopic (exact) mass is 522 g/mol. The van der Waals surface area contributed by atoms with Gasteiger partial charge in [-0.1, -0.05) is 57.0 Å². The molecular weight excluding hydrogens is 492 g/mol. The highest BCUT2D eigenvalue weighted by molar-refractivity contribution is 9.10. The summed E-state index contributed by atoms with van der Waals surface area (Å²) in [6, 6.07) is 13.8. The molecule has 0 bridgehead atoms. The highest BCUT2D eigenvalue weighted by atomic mass is 79.9. The third kappa shape index (κ3) is 5.57. The molecule has 0 aromatic heterocycles. The van der Waals surface area contributed by atoms with Crippen LogP contribution in [0.2, 0.25) is 0 Å². The molecule has 0 spiro atoms. The van der Waals surface area contributed by atoms with Gasteiger partial charge in [-0.2, -0.15) is 10.6 Å². The lowest BCUT2D eigenvalue weighted by Crippen LogP contribution is -2.28. The van der Waals surface area contributed by atoms with Crippen LogP contribution >= 0.6 is 26.5 Å². The Morgan fingerprint density at radius 3 is 2.59 bits per heavy atom. The quantitative estimate of drug-likeness (QED) is 0.244. The largest absolute Gasteiger partial charge is 0.478 e. The lowest BCUT2D eigenvalue weighted by molar-refractivity contribution is -0.131. The number of carboxylic acids is 1. The van der Waals surface area contributed by atoms with Crippen molar-refractivity contribution in [3.05, 3.63) is 70.4 Å². The zero-order chi connectivity index (χ0) is 23.4. The van der Waals surface area contributed by atoms with Gasteiger partial charge in [0.05, 0.1) is 21.7 Å². The van der Waals surface area contributed by atoms with Crippen LogP contribution in [0.1, 0.15) is 63.0 Å². The molecule has 1 heterocycles. The van der Waals surface area contributed by atoms with Gasteiger partial charge in [0, 0.05) is 17.7 Å². The van der Waals surface area contributed by atoms with E-state index in [0.29, 0.717) is 20.9 Å². The molecule has 3 rings (SSSR count). The number of aliphatic carboxylic acids is 1. The van der Waals surface area contributed by atoms with Gasteiger partial charge in [0.1, 0.15) is 5.75 Å². The zero-order valence-electron chi connectivity index (χ0n) is 18.5. The smallest absolute Gasteiger partial charge is 0.331 e. The van der Waals surface area contributed by atoms with Crippen molar-refractivity contribution in [1.82, 2.24) is 0 Å². The minimum absolute atomic E-state index is 0.0107. The molecule has 0 saturated carbocycles. The number of carbonyl (C=O) groups is 1. The SMILES string of the molecule is CCCCC1(CC)CC(c2ccccc2)c2cc(Br)c(O/C=C/C(=O)O)cc2S(O)(O)C1. The maximum Gasteiger partial charge on any atom is 0.331 e. The normalized spacial score (nSPS) is 23.3. The first-order valence-electron chi connectivity index (χ1n) is 10.9. The van der Waals surface area contributed by atoms with Crippen LogP contribution in [-0.2, 0) is 4.79 Å². The second-order valence-corrected chi connectivity index (χ2v) is 11.4. The van der Waals surface area contributed by atoms with Crippen LogP contribution < -0.4 is 4.74 Å². The Bertz CT molecular complexity index is 976. The first-order valence-corrected chi connectivity index (χ1v) is 13.4. The maximum absolute atomic E-state index is 11.4. The summed E-state index contributed by atoms with van der Waals surface area (Å²) >= 11 is 3.53. The lowest BCUT2D eigenvalue weighted by atomic mass is 9.71. The van der Waals surface area contributed by atoms with E-state index in [1.807, 2.05) is 24.3 Å². The van der Waals surface area contributed by atoms with Gasteiger partial charge in [0.15, 0.2) is 0 Å². The molecule has 0 aliphatic carbocycles. The van der Waals surface area contributed by atoms with Gasteiger partial charge in [-0.3, -0.25) is 9.11 Å². The number of fused-ring (bicyclic) bond motifs is 1. The van der Waals surface area contributed by atoms with E-state index in [-0.39, 0.29) is 11.3 Å². The fourth-order valence-corrected chi connectivity index (χ4v) is 7.40. The van der Waals surface area contributed by atoms with Crippen molar-refractivity contribution in [1.29, 1.82) is 0 Å². The molecule has 0 amide bonds. The van der Waals surface area contributed by atoms with E-state index >= 15 is 0 Å². The average Bonchev–Trinajstić information content (AvgIpc) is 2.85. The van der Waals surface area contributed by atoms with Crippen LogP contribution in [0.15, 0.2) is 64.2 Å². The van der Waals surface area contributed by atoms with Crippen molar-refractivity contribution in [3.8, 4) is 5.75 Å². The van der Waals surface area contributed by atoms with Gasteiger partial charge in [0.2, 0.25) is 0 Å². The summed E-state index contributed by atoms with van der Waals surface area (Å²) in [5, 5.41) is 8.84. The summed E-state index contributed by atoms with van der Waals surface area (Å²) in [6.07, 6.45) is 6.73. The number of carboxylic acid groups (broad SMARTS) is 1. The van der Waals surface area contributed by atoms with Crippen molar-refractivity contribution < 1.29 is 23.7 Å². The molecule has 174 valence electrons. The van der Waals surface area contributed by atoms with E-state index in [0.717, 1.165) is 55.6 Å². The standard InChI is InChI=1S/C25H31BrO5S/c1-3-5-12-25(4-2)16-20(18-9-7-6-8-10-18)19-14-21(26)22(31-13-11-24(27)28)15-23(19)32(29,30)17-25/h6-11,13-15,20,29-30H,3-5,12,16-17H2,1-2H3,(H,27,28)/b13-11+. The molecule has 2 aromatic carbocycles. The summed E-state index contributed by atoms with van der Waals surface area (Å²) in [4.78, 5) is 11.3. The number of hydrogen-bond acceptors (Lipinski definition) is 4. The van der Waals surface area contributed by atoms with E-state index < -0.39 is 16.6 Å². The summed E-state index contributed by atoms with van der Waals surface area (Å²) in [5.74, 6) is -0.436. The molecule has 0 saturated heterocycles. The van der Waals surface area contributed by atoms with Crippen molar-refractivity contribution in [2.45, 2.75) is 56.8 Å². The van der Waals surface area contributed by atoms with Crippen molar-refractivity contribution in [2.75, 3.05) is 5.75 Å². The molecule has 32 heavy (non-hydrogen) atoms. The molecule has 2 unspecified atom stereocenters. The minimum Gasteiger partial charge on any atom is -0.478 e. The van der Waals surface area contributed by atoms with E-state index in [2.05, 4.69) is 41.9 Å². The molecule has 0 fully saturated rings. The molecule has 2 aromatic rings. The molecule has 2 atom stereocenters. The first kappa shape index (κ1) is 24.8. The zero-order valence-corrected chi connectivity index (χ0v) is 20.9. The van der Waals surface area contributed by atoms with Crippen molar-refractivity contribution >= 4 is 32.5 Å². The summed E-state index contributed by atoms with van der Waals surface area (Å²) in [6.45, 7) is 4.30. The van der Waals surface area contributed by atoms with E-state index in [4.69, 9.17) is 9.84 Å². The van der Waals surface area contributed by atoms with Gasteiger partial charge in [-0.15, -0.1) is 0 Å². The number of unbranched alkanes of at least 4 members (excludes halogenated alkanes) is 1. The van der Waals surface area contributed by atoms with Crippen LogP contribution in [0.25, 0.3) is 0 Å². The molecule has 1 aliphatic rings. The third-order valence-electron chi connectivity index (χ3n) is 6.35. The van der Waals surface area contributed by atoms with Crippen LogP contribution in [-0.4, -0.2) is 25.9 Å². The maximum atomic E-state index is 11.4. The molecule has 5 nitrogen and oxygen atoms in total. The van der Waals surface area contributed by atoms with Crippen LogP contribution in [0, 0.1) is 5.41 Å². The Morgan fingerprint density at radius 1 is 1.25 bits per heavy atom. The van der Waals surface area contributed by atoms with Gasteiger partial charge in [0.25, 0.3) is 0 Å². The van der Waals surface area contributed by atoms with Gasteiger partial charge in [-0.25, -0.2) is 4.79 Å². The van der Waals surface area contributed by atoms with Crippen LogP contribution in [0.3, 0.4) is 0 Å². The number of rotatable bonds is 8. The molecule has 7 heteroatoms. The fraction of sp³-hybridized carbons (Fsp3) is 0.400. The first-order chi connectivity index (χ1) is 15.2. The second-order valence-electron chi connectivity index (χ2n) is 8.51. The fourth-order valence-electron chi connectivity index (χ4n) is 4.60. The number of benzene rings is 2. The molecule has 1 aliphatic heterocycles.